The second kappa shape index (κ2) is 8.91. The number of halogens is 2. The predicted octanol–water partition coefficient (Wildman–Crippen LogP) is 4.59. The van der Waals surface area contributed by atoms with Crippen molar-refractivity contribution in [3.63, 3.8) is 0 Å². The quantitative estimate of drug-likeness (QED) is 0.684. The fourth-order valence-electron chi connectivity index (χ4n) is 3.61. The Kier molecular flexibility index (Phi) is 6.56. The average molecular weight is 420 g/mol. The van der Waals surface area contributed by atoms with E-state index in [2.05, 4.69) is 22.9 Å². The highest BCUT2D eigenvalue weighted by molar-refractivity contribution is 6.33. The number of likely N-dealkylation sites (N-methyl/N-ethyl adjacent to an activating group) is 1. The zero-order valence-corrected chi connectivity index (χ0v) is 17.7. The summed E-state index contributed by atoms with van der Waals surface area (Å²) in [4.78, 5) is 4.60. The molecule has 1 fully saturated rings. The van der Waals surface area contributed by atoms with Gasteiger partial charge in [0.05, 0.1) is 29.8 Å². The van der Waals surface area contributed by atoms with Crippen LogP contribution in [0.1, 0.15) is 17.5 Å². The van der Waals surface area contributed by atoms with Crippen molar-refractivity contribution in [3.8, 4) is 17.6 Å². The molecule has 0 saturated carbocycles. The standard InChI is InChI=1S/C21H23Cl2N3O2/c1-25-9-8-17(13-25)26(16-6-4-14(11-24)18(22)10-16)12-15-5-7-19(27-2)21(28-3)20(15)23/h4-7,10,17H,8-9,12-13H2,1-3H3. The van der Waals surface area contributed by atoms with Gasteiger partial charge in [0.15, 0.2) is 11.5 Å². The van der Waals surface area contributed by atoms with E-state index in [4.69, 9.17) is 32.7 Å². The van der Waals surface area contributed by atoms with Crippen molar-refractivity contribution < 1.29 is 9.47 Å². The number of methoxy groups -OCH3 is 2. The van der Waals surface area contributed by atoms with Crippen LogP contribution in [-0.4, -0.2) is 45.3 Å². The molecule has 7 heteroatoms. The Morgan fingerprint density at radius 2 is 2.00 bits per heavy atom. The van der Waals surface area contributed by atoms with Gasteiger partial charge in [-0.1, -0.05) is 29.3 Å². The molecule has 5 nitrogen and oxygen atoms in total. The second-order valence-electron chi connectivity index (χ2n) is 6.88. The van der Waals surface area contributed by atoms with Crippen molar-refractivity contribution in [2.45, 2.75) is 19.0 Å². The van der Waals surface area contributed by atoms with Crippen LogP contribution >= 0.6 is 23.2 Å². The number of benzene rings is 2. The summed E-state index contributed by atoms with van der Waals surface area (Å²) in [5, 5.41) is 10.2. The van der Waals surface area contributed by atoms with Gasteiger partial charge in [-0.2, -0.15) is 5.26 Å². The molecule has 0 amide bonds. The number of hydrogen-bond acceptors (Lipinski definition) is 5. The van der Waals surface area contributed by atoms with Crippen molar-refractivity contribution >= 4 is 28.9 Å². The summed E-state index contributed by atoms with van der Waals surface area (Å²) in [6.07, 6.45) is 1.04. The van der Waals surface area contributed by atoms with E-state index >= 15 is 0 Å². The van der Waals surface area contributed by atoms with Crippen LogP contribution in [0.25, 0.3) is 0 Å². The van der Waals surface area contributed by atoms with Crippen molar-refractivity contribution in [2.75, 3.05) is 39.3 Å². The van der Waals surface area contributed by atoms with Crippen LogP contribution < -0.4 is 14.4 Å². The molecule has 1 heterocycles. The third kappa shape index (κ3) is 4.15. The molecule has 1 atom stereocenters. The first-order valence-corrected chi connectivity index (χ1v) is 9.78. The highest BCUT2D eigenvalue weighted by Crippen LogP contribution is 2.39. The van der Waals surface area contributed by atoms with Crippen molar-refractivity contribution in [2.24, 2.45) is 0 Å². The summed E-state index contributed by atoms with van der Waals surface area (Å²) in [5.74, 6) is 1.13. The molecular formula is C21H23Cl2N3O2. The number of likely N-dealkylation sites (tertiary alicyclic amines) is 1. The lowest BCUT2D eigenvalue weighted by atomic mass is 10.1. The molecule has 1 unspecified atom stereocenters. The van der Waals surface area contributed by atoms with Gasteiger partial charge in [0.2, 0.25) is 0 Å². The maximum Gasteiger partial charge on any atom is 0.179 e. The Bertz CT molecular complexity index is 898. The number of nitrogens with zero attached hydrogens (tertiary/aromatic N) is 3. The number of nitriles is 1. The van der Waals surface area contributed by atoms with Crippen LogP contribution in [0.15, 0.2) is 30.3 Å². The van der Waals surface area contributed by atoms with Crippen LogP contribution in [0.2, 0.25) is 10.0 Å². The maximum absolute atomic E-state index is 9.17. The lowest BCUT2D eigenvalue weighted by Crippen LogP contribution is -2.36. The van der Waals surface area contributed by atoms with E-state index in [9.17, 15) is 5.26 Å². The second-order valence-corrected chi connectivity index (χ2v) is 7.67. The molecule has 28 heavy (non-hydrogen) atoms. The first-order valence-electron chi connectivity index (χ1n) is 9.02. The van der Waals surface area contributed by atoms with E-state index in [1.54, 1.807) is 20.3 Å². The van der Waals surface area contributed by atoms with Crippen molar-refractivity contribution in [3.05, 3.63) is 51.5 Å². The molecule has 0 aliphatic carbocycles. The Morgan fingerprint density at radius 3 is 2.57 bits per heavy atom. The largest absolute Gasteiger partial charge is 0.493 e. The third-order valence-electron chi connectivity index (χ3n) is 5.12. The highest BCUT2D eigenvalue weighted by Gasteiger charge is 2.27. The molecular weight excluding hydrogens is 397 g/mol. The fourth-order valence-corrected chi connectivity index (χ4v) is 4.12. The SMILES string of the molecule is COc1ccc(CN(c2ccc(C#N)c(Cl)c2)C2CCN(C)C2)c(Cl)c1OC. The van der Waals surface area contributed by atoms with E-state index < -0.39 is 0 Å². The Hall–Kier alpha value is -2.13. The summed E-state index contributed by atoms with van der Waals surface area (Å²) in [7, 11) is 5.29. The molecule has 1 aliphatic heterocycles. The summed E-state index contributed by atoms with van der Waals surface area (Å²) < 4.78 is 10.8. The third-order valence-corrected chi connectivity index (χ3v) is 5.84. The van der Waals surface area contributed by atoms with Gasteiger partial charge in [-0.25, -0.2) is 0 Å². The zero-order chi connectivity index (χ0) is 20.3. The molecule has 0 bridgehead atoms. The topological polar surface area (TPSA) is 48.7 Å². The van der Waals surface area contributed by atoms with Gasteiger partial charge in [-0.15, -0.1) is 0 Å². The lowest BCUT2D eigenvalue weighted by molar-refractivity contribution is 0.354. The molecule has 0 N–H and O–H groups in total. The first-order chi connectivity index (χ1) is 13.5. The van der Waals surface area contributed by atoms with E-state index in [1.807, 2.05) is 24.3 Å². The maximum atomic E-state index is 9.17. The summed E-state index contributed by atoms with van der Waals surface area (Å²) in [6, 6.07) is 11.8. The van der Waals surface area contributed by atoms with Crippen molar-refractivity contribution in [1.29, 1.82) is 5.26 Å². The molecule has 1 saturated heterocycles. The minimum Gasteiger partial charge on any atom is -0.493 e. The minimum atomic E-state index is 0.318. The number of rotatable bonds is 6. The van der Waals surface area contributed by atoms with Crippen molar-refractivity contribution in [1.82, 2.24) is 4.90 Å². The van der Waals surface area contributed by atoms with Crippen LogP contribution in [0.3, 0.4) is 0 Å². The molecule has 1 aliphatic rings. The number of ether oxygens (including phenoxy) is 2. The zero-order valence-electron chi connectivity index (χ0n) is 16.2. The monoisotopic (exact) mass is 419 g/mol. The van der Waals surface area contributed by atoms with E-state index in [0.717, 1.165) is 30.8 Å². The van der Waals surface area contributed by atoms with E-state index in [-0.39, 0.29) is 0 Å². The molecule has 3 rings (SSSR count). The van der Waals surface area contributed by atoms with Gasteiger partial charge >= 0.3 is 0 Å². The molecule has 2 aromatic carbocycles. The molecule has 0 radical (unpaired) electrons. The fraction of sp³-hybridized carbons (Fsp3) is 0.381. The molecule has 2 aromatic rings. The van der Waals surface area contributed by atoms with Gasteiger partial charge in [-0.05, 0) is 49.8 Å². The molecule has 148 valence electrons. The average Bonchev–Trinajstić information content (AvgIpc) is 3.12. The van der Waals surface area contributed by atoms with Crippen LogP contribution in [0.5, 0.6) is 11.5 Å². The Balaban J connectivity index is 1.99. The normalized spacial score (nSPS) is 16.6. The van der Waals surface area contributed by atoms with Gasteiger partial charge in [0, 0.05) is 24.8 Å². The minimum absolute atomic E-state index is 0.318. The Labute approximate surface area is 176 Å². The van der Waals surface area contributed by atoms with Gasteiger partial charge < -0.3 is 19.3 Å². The predicted molar refractivity (Wildman–Crippen MR) is 113 cm³/mol. The molecule has 0 spiro atoms. The van der Waals surface area contributed by atoms with Crippen LogP contribution in [0, 0.1) is 11.3 Å². The highest BCUT2D eigenvalue weighted by atomic mass is 35.5. The summed E-state index contributed by atoms with van der Waals surface area (Å²) in [6.45, 7) is 2.58. The molecule has 0 aromatic heterocycles. The van der Waals surface area contributed by atoms with Crippen LogP contribution in [-0.2, 0) is 6.54 Å². The Morgan fingerprint density at radius 1 is 1.21 bits per heavy atom. The summed E-state index contributed by atoms with van der Waals surface area (Å²) >= 11 is 12.9. The van der Waals surface area contributed by atoms with Crippen LogP contribution in [0.4, 0.5) is 5.69 Å². The first kappa shape index (κ1) is 20.6. The van der Waals surface area contributed by atoms with Gasteiger partial charge in [0.25, 0.3) is 0 Å². The van der Waals surface area contributed by atoms with E-state index in [0.29, 0.717) is 39.7 Å². The van der Waals surface area contributed by atoms with Gasteiger partial charge in [0.1, 0.15) is 6.07 Å². The lowest BCUT2D eigenvalue weighted by Gasteiger charge is -2.32. The number of anilines is 1. The number of hydrogen-bond donors (Lipinski definition) is 0. The smallest absolute Gasteiger partial charge is 0.179 e. The summed E-state index contributed by atoms with van der Waals surface area (Å²) in [5.41, 5.74) is 2.38. The van der Waals surface area contributed by atoms with Gasteiger partial charge in [-0.3, -0.25) is 0 Å². The van der Waals surface area contributed by atoms with E-state index in [1.165, 1.54) is 0 Å².